The van der Waals surface area contributed by atoms with E-state index in [1.54, 1.807) is 11.1 Å². The summed E-state index contributed by atoms with van der Waals surface area (Å²) in [6.07, 6.45) is 2.40. The van der Waals surface area contributed by atoms with Gasteiger partial charge in [-0.15, -0.1) is 0 Å². The second-order valence-electron chi connectivity index (χ2n) is 8.78. The largest absolute Gasteiger partial charge is 0.484 e. The van der Waals surface area contributed by atoms with E-state index in [1.165, 1.54) is 16.9 Å². The van der Waals surface area contributed by atoms with E-state index in [9.17, 15) is 13.6 Å². The summed E-state index contributed by atoms with van der Waals surface area (Å²) in [6.45, 7) is 5.97. The van der Waals surface area contributed by atoms with E-state index in [1.807, 2.05) is 39.0 Å². The summed E-state index contributed by atoms with van der Waals surface area (Å²) in [5, 5.41) is 7.62. The number of alkyl halides is 2. The fourth-order valence-electron chi connectivity index (χ4n) is 3.52. The summed E-state index contributed by atoms with van der Waals surface area (Å²) in [5.74, 6) is 0.872. The number of anilines is 1. The number of pyridine rings is 1. The zero-order valence-electron chi connectivity index (χ0n) is 18.7. The molecule has 0 bridgehead atoms. The topological polar surface area (TPSA) is 93.9 Å². The highest BCUT2D eigenvalue weighted by molar-refractivity contribution is 5.75. The number of hydrogen-bond donors (Lipinski definition) is 1. The van der Waals surface area contributed by atoms with Crippen molar-refractivity contribution in [2.45, 2.75) is 45.3 Å². The number of halogens is 2. The maximum absolute atomic E-state index is 12.4. The third-order valence-corrected chi connectivity index (χ3v) is 4.93. The average Bonchev–Trinajstić information content (AvgIpc) is 3.38. The monoisotopic (exact) mass is 460 g/mol. The molecule has 0 saturated carbocycles. The molecule has 0 spiro atoms. The molecule has 4 rings (SSSR count). The highest BCUT2D eigenvalue weighted by Crippen LogP contribution is 2.25. The molecule has 3 aromatic heterocycles. The Bertz CT molecular complexity index is 1130. The Morgan fingerprint density at radius 2 is 2.12 bits per heavy atom. The molecule has 1 aliphatic rings. The molecule has 1 aliphatic heterocycles. The second kappa shape index (κ2) is 9.16. The Balaban J connectivity index is 1.44. The lowest BCUT2D eigenvalue weighted by Crippen LogP contribution is -2.36. The first-order valence-corrected chi connectivity index (χ1v) is 10.6. The Morgan fingerprint density at radius 3 is 2.88 bits per heavy atom. The minimum absolute atomic E-state index is 0.0526. The van der Waals surface area contributed by atoms with Gasteiger partial charge in [-0.3, -0.25) is 0 Å². The van der Waals surface area contributed by atoms with Gasteiger partial charge in [0.25, 0.3) is 6.43 Å². The Hall–Kier alpha value is -3.50. The van der Waals surface area contributed by atoms with Crippen LogP contribution in [0.1, 0.15) is 27.2 Å². The molecule has 1 N–H and O–H groups in total. The van der Waals surface area contributed by atoms with Crippen molar-refractivity contribution in [3.8, 4) is 17.0 Å². The summed E-state index contributed by atoms with van der Waals surface area (Å²) in [7, 11) is 0. The number of nitrogens with one attached hydrogen (secondary N) is 1. The predicted octanol–water partition coefficient (Wildman–Crippen LogP) is 3.86. The number of carbonyl (C=O) groups is 1. The van der Waals surface area contributed by atoms with E-state index in [2.05, 4.69) is 20.4 Å². The number of fused-ring (bicyclic) bond motifs is 1. The first kappa shape index (κ1) is 22.7. The van der Waals surface area contributed by atoms with Crippen LogP contribution < -0.4 is 10.1 Å². The fourth-order valence-corrected chi connectivity index (χ4v) is 3.52. The van der Waals surface area contributed by atoms with Crippen LogP contribution in [0.3, 0.4) is 0 Å². The molecule has 1 fully saturated rings. The first-order valence-electron chi connectivity index (χ1n) is 10.6. The van der Waals surface area contributed by atoms with Crippen molar-refractivity contribution < 1.29 is 23.0 Å². The van der Waals surface area contributed by atoms with Gasteiger partial charge in [-0.2, -0.15) is 5.10 Å². The Morgan fingerprint density at radius 1 is 1.30 bits per heavy atom. The van der Waals surface area contributed by atoms with Crippen LogP contribution in [-0.4, -0.2) is 68.3 Å². The molecule has 3 aromatic rings. The highest BCUT2D eigenvalue weighted by atomic mass is 19.3. The molecular formula is C22H26F2N6O3. The number of carbonyl (C=O) groups excluding carboxylic acids is 1. The molecule has 33 heavy (non-hydrogen) atoms. The van der Waals surface area contributed by atoms with E-state index >= 15 is 0 Å². The zero-order valence-corrected chi connectivity index (χ0v) is 18.7. The molecule has 9 nitrogen and oxygen atoms in total. The molecule has 0 aliphatic carbocycles. The summed E-state index contributed by atoms with van der Waals surface area (Å²) < 4.78 is 36.6. The van der Waals surface area contributed by atoms with Crippen LogP contribution in [0.15, 0.2) is 36.8 Å². The quantitative estimate of drug-likeness (QED) is 0.597. The smallest absolute Gasteiger partial charge is 0.410 e. The maximum atomic E-state index is 12.4. The molecular weight excluding hydrogens is 434 g/mol. The van der Waals surface area contributed by atoms with E-state index in [-0.39, 0.29) is 17.9 Å². The van der Waals surface area contributed by atoms with E-state index in [0.717, 1.165) is 6.42 Å². The van der Waals surface area contributed by atoms with Gasteiger partial charge in [0, 0.05) is 19.1 Å². The van der Waals surface area contributed by atoms with Crippen molar-refractivity contribution in [3.05, 3.63) is 36.8 Å². The molecule has 4 heterocycles. The van der Waals surface area contributed by atoms with Gasteiger partial charge in [0.1, 0.15) is 18.0 Å². The molecule has 1 atom stereocenters. The first-order chi connectivity index (χ1) is 15.7. The summed E-state index contributed by atoms with van der Waals surface area (Å²) in [6, 6.07) is 5.62. The second-order valence-corrected chi connectivity index (χ2v) is 8.78. The van der Waals surface area contributed by atoms with Crippen LogP contribution in [0.25, 0.3) is 16.9 Å². The van der Waals surface area contributed by atoms with Gasteiger partial charge in [-0.25, -0.2) is 28.1 Å². The molecule has 176 valence electrons. The zero-order chi connectivity index (χ0) is 23.6. The van der Waals surface area contributed by atoms with Crippen LogP contribution in [0, 0.1) is 0 Å². The van der Waals surface area contributed by atoms with Gasteiger partial charge in [0.15, 0.2) is 11.4 Å². The summed E-state index contributed by atoms with van der Waals surface area (Å²) >= 11 is 0. The van der Waals surface area contributed by atoms with E-state index < -0.39 is 18.6 Å². The van der Waals surface area contributed by atoms with E-state index in [0.29, 0.717) is 35.8 Å². The molecule has 1 unspecified atom stereocenters. The van der Waals surface area contributed by atoms with Gasteiger partial charge in [0.2, 0.25) is 0 Å². The van der Waals surface area contributed by atoms with Crippen molar-refractivity contribution in [2.24, 2.45) is 0 Å². The lowest BCUT2D eigenvalue weighted by Gasteiger charge is -2.24. The third kappa shape index (κ3) is 5.65. The maximum Gasteiger partial charge on any atom is 0.410 e. The number of likely N-dealkylation sites (tertiary alicyclic amines) is 1. The van der Waals surface area contributed by atoms with Crippen LogP contribution in [0.4, 0.5) is 19.4 Å². The number of ether oxygens (including phenoxy) is 2. The van der Waals surface area contributed by atoms with Crippen LogP contribution in [-0.2, 0) is 4.74 Å². The third-order valence-electron chi connectivity index (χ3n) is 4.93. The summed E-state index contributed by atoms with van der Waals surface area (Å²) in [5.41, 5.74) is 1.35. The van der Waals surface area contributed by atoms with Crippen molar-refractivity contribution in [3.63, 3.8) is 0 Å². The molecule has 11 heteroatoms. The van der Waals surface area contributed by atoms with Crippen LogP contribution in [0.2, 0.25) is 0 Å². The van der Waals surface area contributed by atoms with Gasteiger partial charge in [-0.05, 0) is 39.3 Å². The van der Waals surface area contributed by atoms with Gasteiger partial charge in [-0.1, -0.05) is 6.07 Å². The number of aromatic nitrogens is 4. The van der Waals surface area contributed by atoms with Crippen molar-refractivity contribution in [1.82, 2.24) is 24.5 Å². The van der Waals surface area contributed by atoms with Gasteiger partial charge >= 0.3 is 6.09 Å². The van der Waals surface area contributed by atoms with Crippen LogP contribution >= 0.6 is 0 Å². The fraction of sp³-hybridized carbons (Fsp3) is 0.455. The van der Waals surface area contributed by atoms with Gasteiger partial charge in [0.05, 0.1) is 29.8 Å². The van der Waals surface area contributed by atoms with Crippen molar-refractivity contribution in [1.29, 1.82) is 0 Å². The predicted molar refractivity (Wildman–Crippen MR) is 118 cm³/mol. The Labute approximate surface area is 189 Å². The average molecular weight is 460 g/mol. The highest BCUT2D eigenvalue weighted by Gasteiger charge is 2.30. The number of rotatable bonds is 6. The Kier molecular flexibility index (Phi) is 6.30. The van der Waals surface area contributed by atoms with E-state index in [4.69, 9.17) is 9.47 Å². The molecule has 1 saturated heterocycles. The lowest BCUT2D eigenvalue weighted by atomic mass is 10.2. The summed E-state index contributed by atoms with van der Waals surface area (Å²) in [4.78, 5) is 22.9. The SMILES string of the molecule is CC(C)(C)OC(=O)N1CCC(Nc2cccc(-c3cnn4cc(OCC(F)F)cnc34)n2)C1. The number of nitrogens with zero attached hydrogens (tertiary/aromatic N) is 5. The molecule has 0 aromatic carbocycles. The number of amides is 1. The lowest BCUT2D eigenvalue weighted by molar-refractivity contribution is 0.0293. The van der Waals surface area contributed by atoms with Crippen LogP contribution in [0.5, 0.6) is 5.75 Å². The molecule has 1 amide bonds. The van der Waals surface area contributed by atoms with Gasteiger partial charge < -0.3 is 19.7 Å². The van der Waals surface area contributed by atoms with Crippen molar-refractivity contribution >= 4 is 17.6 Å². The minimum atomic E-state index is -2.57. The minimum Gasteiger partial charge on any atom is -0.484 e. The normalized spacial score (nSPS) is 16.4. The number of hydrogen-bond acceptors (Lipinski definition) is 7. The molecule has 0 radical (unpaired) electrons. The standard InChI is InChI=1S/C22H26F2N6O3/c1-22(2,3)33-21(31)29-8-7-14(11-29)27-19-6-4-5-17(28-19)16-10-26-30-12-15(9-25-20(16)30)32-13-18(23)24/h4-6,9-10,12,14,18H,7-8,11,13H2,1-3H3,(H,27,28). The van der Waals surface area contributed by atoms with Crippen molar-refractivity contribution in [2.75, 3.05) is 25.0 Å².